The highest BCUT2D eigenvalue weighted by atomic mass is 19.1. The highest BCUT2D eigenvalue weighted by molar-refractivity contribution is 5.81. The third kappa shape index (κ3) is 4.59. The van der Waals surface area contributed by atoms with E-state index in [1.54, 1.807) is 6.92 Å². The largest absolute Gasteiger partial charge is 0.348 e. The Balaban J connectivity index is 2.68. The smallest absolute Gasteiger partial charge is 0.237 e. The first-order valence-electron chi connectivity index (χ1n) is 6.32. The van der Waals surface area contributed by atoms with Gasteiger partial charge in [0.15, 0.2) is 0 Å². The van der Waals surface area contributed by atoms with Crippen LogP contribution in [-0.2, 0) is 4.79 Å². The second-order valence-corrected chi connectivity index (χ2v) is 5.13. The van der Waals surface area contributed by atoms with E-state index in [4.69, 9.17) is 5.73 Å². The SMILES string of the molecule is CC(C)C[C@H](N)C(=O)N[C@@H](C)c1ccc(F)cc1F. The van der Waals surface area contributed by atoms with Crippen molar-refractivity contribution < 1.29 is 13.6 Å². The highest BCUT2D eigenvalue weighted by Crippen LogP contribution is 2.18. The van der Waals surface area contributed by atoms with Gasteiger partial charge in [-0.15, -0.1) is 0 Å². The van der Waals surface area contributed by atoms with Gasteiger partial charge >= 0.3 is 0 Å². The van der Waals surface area contributed by atoms with E-state index in [0.717, 1.165) is 12.1 Å². The molecule has 0 heterocycles. The first-order chi connectivity index (χ1) is 8.81. The Labute approximate surface area is 112 Å². The van der Waals surface area contributed by atoms with Gasteiger partial charge in [-0.2, -0.15) is 0 Å². The van der Waals surface area contributed by atoms with Crippen LogP contribution in [0.2, 0.25) is 0 Å². The molecule has 3 nitrogen and oxygen atoms in total. The zero-order valence-electron chi connectivity index (χ0n) is 11.4. The van der Waals surface area contributed by atoms with Gasteiger partial charge in [0.2, 0.25) is 5.91 Å². The number of carbonyl (C=O) groups excluding carboxylic acids is 1. The van der Waals surface area contributed by atoms with Crippen LogP contribution in [0.25, 0.3) is 0 Å². The molecule has 1 rings (SSSR count). The molecule has 0 aromatic heterocycles. The monoisotopic (exact) mass is 270 g/mol. The molecular weight excluding hydrogens is 250 g/mol. The number of nitrogens with one attached hydrogen (secondary N) is 1. The number of benzene rings is 1. The average Bonchev–Trinajstić information content (AvgIpc) is 2.27. The maximum absolute atomic E-state index is 13.5. The quantitative estimate of drug-likeness (QED) is 0.863. The Morgan fingerprint density at radius 1 is 1.32 bits per heavy atom. The maximum Gasteiger partial charge on any atom is 0.237 e. The summed E-state index contributed by atoms with van der Waals surface area (Å²) in [6.45, 7) is 5.57. The van der Waals surface area contributed by atoms with Crippen molar-refractivity contribution in [2.45, 2.75) is 39.3 Å². The van der Waals surface area contributed by atoms with Crippen molar-refractivity contribution in [1.82, 2.24) is 5.32 Å². The van der Waals surface area contributed by atoms with Gasteiger partial charge in [0.05, 0.1) is 12.1 Å². The van der Waals surface area contributed by atoms with Crippen LogP contribution in [0.5, 0.6) is 0 Å². The molecule has 19 heavy (non-hydrogen) atoms. The molecule has 0 aliphatic heterocycles. The van der Waals surface area contributed by atoms with E-state index in [-0.39, 0.29) is 11.5 Å². The Hall–Kier alpha value is -1.49. The molecule has 2 atom stereocenters. The van der Waals surface area contributed by atoms with Crippen LogP contribution in [0.3, 0.4) is 0 Å². The molecule has 0 fully saturated rings. The first-order valence-corrected chi connectivity index (χ1v) is 6.32. The van der Waals surface area contributed by atoms with Crippen LogP contribution in [0, 0.1) is 17.6 Å². The lowest BCUT2D eigenvalue weighted by molar-refractivity contribution is -0.123. The molecule has 0 unspecified atom stereocenters. The molecule has 0 saturated heterocycles. The van der Waals surface area contributed by atoms with Gasteiger partial charge in [-0.3, -0.25) is 4.79 Å². The van der Waals surface area contributed by atoms with Crippen LogP contribution in [0.4, 0.5) is 8.78 Å². The zero-order valence-corrected chi connectivity index (χ0v) is 11.4. The number of carbonyl (C=O) groups is 1. The fourth-order valence-electron chi connectivity index (χ4n) is 1.87. The number of hydrogen-bond donors (Lipinski definition) is 2. The molecule has 0 saturated carbocycles. The van der Waals surface area contributed by atoms with E-state index in [9.17, 15) is 13.6 Å². The maximum atomic E-state index is 13.5. The summed E-state index contributed by atoms with van der Waals surface area (Å²) in [5.41, 5.74) is 5.98. The number of rotatable bonds is 5. The summed E-state index contributed by atoms with van der Waals surface area (Å²) in [6.07, 6.45) is 0.560. The van der Waals surface area contributed by atoms with E-state index in [1.807, 2.05) is 13.8 Å². The van der Waals surface area contributed by atoms with Gasteiger partial charge in [0, 0.05) is 11.6 Å². The molecule has 0 aliphatic carbocycles. The Bertz CT molecular complexity index is 449. The van der Waals surface area contributed by atoms with Crippen molar-refractivity contribution in [3.05, 3.63) is 35.4 Å². The lowest BCUT2D eigenvalue weighted by Gasteiger charge is -2.19. The fourth-order valence-corrected chi connectivity index (χ4v) is 1.87. The molecule has 3 N–H and O–H groups in total. The third-order valence-electron chi connectivity index (χ3n) is 2.85. The number of amides is 1. The average molecular weight is 270 g/mol. The van der Waals surface area contributed by atoms with Gasteiger partial charge in [0.25, 0.3) is 0 Å². The summed E-state index contributed by atoms with van der Waals surface area (Å²) in [7, 11) is 0. The number of halogens is 2. The molecule has 106 valence electrons. The molecule has 0 aliphatic rings. The molecule has 1 amide bonds. The van der Waals surface area contributed by atoms with Crippen molar-refractivity contribution in [2.24, 2.45) is 11.7 Å². The Morgan fingerprint density at radius 2 is 1.95 bits per heavy atom. The summed E-state index contributed by atoms with van der Waals surface area (Å²) < 4.78 is 26.3. The van der Waals surface area contributed by atoms with Crippen molar-refractivity contribution in [1.29, 1.82) is 0 Å². The van der Waals surface area contributed by atoms with Gasteiger partial charge in [-0.05, 0) is 25.3 Å². The number of hydrogen-bond acceptors (Lipinski definition) is 2. The van der Waals surface area contributed by atoms with E-state index < -0.39 is 23.7 Å². The minimum atomic E-state index is -0.676. The molecule has 1 aromatic carbocycles. The lowest BCUT2D eigenvalue weighted by Crippen LogP contribution is -2.42. The molecule has 0 radical (unpaired) electrons. The summed E-state index contributed by atoms with van der Waals surface area (Å²) in [5, 5.41) is 2.64. The molecular formula is C14H20F2N2O. The minimum absolute atomic E-state index is 0.242. The molecule has 5 heteroatoms. The van der Waals surface area contributed by atoms with Crippen LogP contribution in [-0.4, -0.2) is 11.9 Å². The highest BCUT2D eigenvalue weighted by Gasteiger charge is 2.19. The second-order valence-electron chi connectivity index (χ2n) is 5.13. The topological polar surface area (TPSA) is 55.1 Å². The van der Waals surface area contributed by atoms with Crippen molar-refractivity contribution in [2.75, 3.05) is 0 Å². The van der Waals surface area contributed by atoms with E-state index in [2.05, 4.69) is 5.32 Å². The second kappa shape index (κ2) is 6.61. The van der Waals surface area contributed by atoms with Gasteiger partial charge in [-0.1, -0.05) is 19.9 Å². The van der Waals surface area contributed by atoms with Crippen molar-refractivity contribution in [3.8, 4) is 0 Å². The summed E-state index contributed by atoms with van der Waals surface area (Å²) in [4.78, 5) is 11.8. The predicted molar refractivity (Wildman–Crippen MR) is 70.3 cm³/mol. The van der Waals surface area contributed by atoms with Crippen LogP contribution in [0.1, 0.15) is 38.8 Å². The van der Waals surface area contributed by atoms with Crippen LogP contribution in [0.15, 0.2) is 18.2 Å². The zero-order chi connectivity index (χ0) is 14.6. The Morgan fingerprint density at radius 3 is 2.47 bits per heavy atom. The minimum Gasteiger partial charge on any atom is -0.348 e. The predicted octanol–water partition coefficient (Wildman–Crippen LogP) is 2.52. The van der Waals surface area contributed by atoms with E-state index >= 15 is 0 Å². The molecule has 0 spiro atoms. The molecule has 0 bridgehead atoms. The normalized spacial score (nSPS) is 14.3. The summed E-state index contributed by atoms with van der Waals surface area (Å²) >= 11 is 0. The van der Waals surface area contributed by atoms with Gasteiger partial charge < -0.3 is 11.1 Å². The van der Waals surface area contributed by atoms with Gasteiger partial charge in [0.1, 0.15) is 11.6 Å². The van der Waals surface area contributed by atoms with E-state index in [0.29, 0.717) is 12.3 Å². The third-order valence-corrected chi connectivity index (χ3v) is 2.85. The Kier molecular flexibility index (Phi) is 5.42. The van der Waals surface area contributed by atoms with Crippen molar-refractivity contribution in [3.63, 3.8) is 0 Å². The summed E-state index contributed by atoms with van der Waals surface area (Å²) in [5.74, 6) is -1.34. The standard InChI is InChI=1S/C14H20F2N2O/c1-8(2)6-13(17)14(19)18-9(3)11-5-4-10(15)7-12(11)16/h4-5,7-9,13H,6,17H2,1-3H3,(H,18,19)/t9-,13-/m0/s1. The lowest BCUT2D eigenvalue weighted by atomic mass is 10.0. The molecule has 1 aromatic rings. The van der Waals surface area contributed by atoms with Crippen LogP contribution >= 0.6 is 0 Å². The number of nitrogens with two attached hydrogens (primary N) is 1. The van der Waals surface area contributed by atoms with Gasteiger partial charge in [-0.25, -0.2) is 8.78 Å². The first kappa shape index (κ1) is 15.6. The van der Waals surface area contributed by atoms with E-state index in [1.165, 1.54) is 6.07 Å². The van der Waals surface area contributed by atoms with Crippen LogP contribution < -0.4 is 11.1 Å². The fraction of sp³-hybridized carbons (Fsp3) is 0.500. The summed E-state index contributed by atoms with van der Waals surface area (Å²) in [6, 6.07) is 2.11. The van der Waals surface area contributed by atoms with Crippen molar-refractivity contribution >= 4 is 5.91 Å².